The highest BCUT2D eigenvalue weighted by Gasteiger charge is 2.27. The second-order valence-corrected chi connectivity index (χ2v) is 9.80. The maximum absolute atomic E-state index is 13.1. The van der Waals surface area contributed by atoms with E-state index in [4.69, 9.17) is 9.47 Å². The summed E-state index contributed by atoms with van der Waals surface area (Å²) >= 11 is 0. The van der Waals surface area contributed by atoms with Gasteiger partial charge in [0.25, 0.3) is 5.91 Å². The summed E-state index contributed by atoms with van der Waals surface area (Å²) in [4.78, 5) is 17.2. The fraction of sp³-hybridized carbons (Fsp3) is 0.708. The van der Waals surface area contributed by atoms with E-state index in [9.17, 15) is 9.90 Å². The lowest BCUT2D eigenvalue weighted by atomic mass is 10.1. The first-order chi connectivity index (χ1) is 14.0. The zero-order valence-electron chi connectivity index (χ0n) is 19.6. The third-order valence-corrected chi connectivity index (χ3v) is 5.00. The number of amides is 1. The Labute approximate surface area is 182 Å². The van der Waals surface area contributed by atoms with Crippen LogP contribution in [-0.2, 0) is 9.47 Å². The number of hydrogen-bond acceptors (Lipinski definition) is 5. The Morgan fingerprint density at radius 2 is 1.97 bits per heavy atom. The molecule has 1 aromatic carbocycles. The number of morpholine rings is 1. The third kappa shape index (κ3) is 8.72. The average molecular weight is 421 g/mol. The Kier molecular flexibility index (Phi) is 9.29. The van der Waals surface area contributed by atoms with Gasteiger partial charge in [-0.3, -0.25) is 9.69 Å². The van der Waals surface area contributed by atoms with Crippen molar-refractivity contribution < 1.29 is 19.4 Å². The molecule has 0 radical (unpaired) electrons. The van der Waals surface area contributed by atoms with Crippen LogP contribution in [0.3, 0.4) is 0 Å². The molecule has 30 heavy (non-hydrogen) atoms. The molecular formula is C24H40N2O4. The van der Waals surface area contributed by atoms with Crippen molar-refractivity contribution in [3.8, 4) is 0 Å². The molecule has 1 saturated heterocycles. The minimum Gasteiger partial charge on any atom is -0.389 e. The number of aliphatic hydroxyl groups is 1. The van der Waals surface area contributed by atoms with Gasteiger partial charge >= 0.3 is 0 Å². The fourth-order valence-electron chi connectivity index (χ4n) is 3.56. The third-order valence-electron chi connectivity index (χ3n) is 5.00. The van der Waals surface area contributed by atoms with Gasteiger partial charge in [-0.2, -0.15) is 0 Å². The number of rotatable bonds is 9. The molecule has 1 aromatic rings. The van der Waals surface area contributed by atoms with E-state index in [-0.39, 0.29) is 17.6 Å². The molecule has 170 valence electrons. The first-order valence-electron chi connectivity index (χ1n) is 11.1. The number of β-amino-alcohol motifs (C(OH)–C–C–N with tert-alkyl or cyclic N) is 1. The van der Waals surface area contributed by atoms with Crippen LogP contribution in [0.25, 0.3) is 0 Å². The van der Waals surface area contributed by atoms with Crippen molar-refractivity contribution in [3.63, 3.8) is 0 Å². The molecule has 1 heterocycles. The van der Waals surface area contributed by atoms with Gasteiger partial charge in [-0.1, -0.05) is 31.5 Å². The molecule has 1 N–H and O–H groups in total. The molecule has 0 aromatic heterocycles. The van der Waals surface area contributed by atoms with Gasteiger partial charge in [-0.15, -0.1) is 0 Å². The monoisotopic (exact) mass is 420 g/mol. The predicted molar refractivity (Wildman–Crippen MR) is 120 cm³/mol. The van der Waals surface area contributed by atoms with Gasteiger partial charge in [0.15, 0.2) is 0 Å². The van der Waals surface area contributed by atoms with E-state index >= 15 is 0 Å². The summed E-state index contributed by atoms with van der Waals surface area (Å²) in [6.07, 6.45) is -0.605. The van der Waals surface area contributed by atoms with Crippen molar-refractivity contribution in [2.24, 2.45) is 5.92 Å². The first-order valence-corrected chi connectivity index (χ1v) is 11.1. The van der Waals surface area contributed by atoms with Gasteiger partial charge in [0.05, 0.1) is 31.0 Å². The van der Waals surface area contributed by atoms with Crippen LogP contribution in [0.15, 0.2) is 24.3 Å². The van der Waals surface area contributed by atoms with E-state index in [1.54, 1.807) is 0 Å². The summed E-state index contributed by atoms with van der Waals surface area (Å²) in [5.41, 5.74) is 1.59. The predicted octanol–water partition coefficient (Wildman–Crippen LogP) is 2.97. The van der Waals surface area contributed by atoms with Crippen LogP contribution in [0.5, 0.6) is 0 Å². The van der Waals surface area contributed by atoms with E-state index in [0.717, 1.165) is 12.1 Å². The highest BCUT2D eigenvalue weighted by molar-refractivity contribution is 5.94. The number of nitrogens with zero attached hydrogens (tertiary/aromatic N) is 2. The van der Waals surface area contributed by atoms with E-state index in [1.807, 2.05) is 56.9 Å². The van der Waals surface area contributed by atoms with Crippen LogP contribution in [0.2, 0.25) is 0 Å². The topological polar surface area (TPSA) is 62.2 Å². The molecule has 1 fully saturated rings. The van der Waals surface area contributed by atoms with Gasteiger partial charge in [0, 0.05) is 38.3 Å². The molecule has 2 unspecified atom stereocenters. The number of ether oxygens (including phenoxy) is 2. The molecule has 6 heteroatoms. The zero-order chi connectivity index (χ0) is 22.3. The smallest absolute Gasteiger partial charge is 0.253 e. The van der Waals surface area contributed by atoms with Gasteiger partial charge < -0.3 is 19.5 Å². The molecule has 6 nitrogen and oxygen atoms in total. The minimum atomic E-state index is -0.538. The van der Waals surface area contributed by atoms with Crippen molar-refractivity contribution in [3.05, 3.63) is 35.4 Å². The average Bonchev–Trinajstić information content (AvgIpc) is 2.65. The fourth-order valence-corrected chi connectivity index (χ4v) is 3.56. The van der Waals surface area contributed by atoms with Crippen molar-refractivity contribution in [2.75, 3.05) is 45.9 Å². The van der Waals surface area contributed by atoms with Crippen molar-refractivity contribution >= 4 is 5.91 Å². The van der Waals surface area contributed by atoms with Crippen LogP contribution in [-0.4, -0.2) is 84.6 Å². The van der Waals surface area contributed by atoms with Crippen molar-refractivity contribution in [1.82, 2.24) is 9.80 Å². The van der Waals surface area contributed by atoms with E-state index in [1.165, 1.54) is 0 Å². The lowest BCUT2D eigenvalue weighted by molar-refractivity contribution is -0.0783. The first kappa shape index (κ1) is 24.8. The number of carbonyl (C=O) groups excluding carboxylic acids is 1. The van der Waals surface area contributed by atoms with Crippen LogP contribution < -0.4 is 0 Å². The standard InChI is InChI=1S/C24H40N2O4/c1-18(2)13-26(23(28)20-9-7-19(3)8-10-20)16-22-15-25(11-12-29-22)14-21(27)17-30-24(4,5)6/h7-10,18,21-22,27H,11-17H2,1-6H3. The molecule has 0 spiro atoms. The van der Waals surface area contributed by atoms with Crippen molar-refractivity contribution in [2.45, 2.75) is 59.4 Å². The number of aliphatic hydroxyl groups excluding tert-OH is 1. The number of aryl methyl sites for hydroxylation is 1. The second-order valence-electron chi connectivity index (χ2n) is 9.80. The molecule has 1 aliphatic rings. The Hall–Kier alpha value is -1.47. The number of hydrogen-bond donors (Lipinski definition) is 1. The Balaban J connectivity index is 1.94. The van der Waals surface area contributed by atoms with Gasteiger partial charge in [-0.25, -0.2) is 0 Å². The summed E-state index contributed by atoms with van der Waals surface area (Å²) in [7, 11) is 0. The quantitative estimate of drug-likeness (QED) is 0.666. The van der Waals surface area contributed by atoms with E-state index in [0.29, 0.717) is 50.9 Å². The highest BCUT2D eigenvalue weighted by atomic mass is 16.5. The summed E-state index contributed by atoms with van der Waals surface area (Å²) in [5, 5.41) is 10.3. The lowest BCUT2D eigenvalue weighted by Gasteiger charge is -2.37. The van der Waals surface area contributed by atoms with Crippen LogP contribution in [0.4, 0.5) is 0 Å². The Morgan fingerprint density at radius 1 is 1.30 bits per heavy atom. The number of benzene rings is 1. The SMILES string of the molecule is Cc1ccc(C(=O)N(CC(C)C)CC2CN(CC(O)COC(C)(C)C)CCO2)cc1. The summed E-state index contributed by atoms with van der Waals surface area (Å²) in [6.45, 7) is 16.4. The minimum absolute atomic E-state index is 0.0445. The molecule has 0 bridgehead atoms. The molecular weight excluding hydrogens is 380 g/mol. The normalized spacial score (nSPS) is 19.1. The number of carbonyl (C=O) groups is 1. The van der Waals surface area contributed by atoms with Gasteiger partial charge in [-0.05, 0) is 45.7 Å². The van der Waals surface area contributed by atoms with Gasteiger partial charge in [0.2, 0.25) is 0 Å². The molecule has 0 aliphatic carbocycles. The van der Waals surface area contributed by atoms with Crippen LogP contribution >= 0.6 is 0 Å². The maximum atomic E-state index is 13.1. The molecule has 2 rings (SSSR count). The van der Waals surface area contributed by atoms with E-state index < -0.39 is 6.10 Å². The van der Waals surface area contributed by atoms with Gasteiger partial charge in [0.1, 0.15) is 0 Å². The highest BCUT2D eigenvalue weighted by Crippen LogP contribution is 2.14. The lowest BCUT2D eigenvalue weighted by Crippen LogP contribution is -2.51. The van der Waals surface area contributed by atoms with Crippen LogP contribution in [0.1, 0.15) is 50.5 Å². The largest absolute Gasteiger partial charge is 0.389 e. The Bertz CT molecular complexity index is 654. The molecule has 0 saturated carbocycles. The summed E-state index contributed by atoms with van der Waals surface area (Å²) < 4.78 is 11.7. The van der Waals surface area contributed by atoms with E-state index in [2.05, 4.69) is 18.7 Å². The zero-order valence-corrected chi connectivity index (χ0v) is 19.6. The van der Waals surface area contributed by atoms with Crippen molar-refractivity contribution in [1.29, 1.82) is 0 Å². The molecule has 1 amide bonds. The summed E-state index contributed by atoms with van der Waals surface area (Å²) in [6, 6.07) is 7.73. The molecule has 1 aliphatic heterocycles. The van der Waals surface area contributed by atoms with Crippen LogP contribution in [0, 0.1) is 12.8 Å². The summed E-state index contributed by atoms with van der Waals surface area (Å²) in [5.74, 6) is 0.415. The molecule has 2 atom stereocenters. The maximum Gasteiger partial charge on any atom is 0.253 e. The Morgan fingerprint density at radius 3 is 2.57 bits per heavy atom. The second kappa shape index (κ2) is 11.2.